The van der Waals surface area contributed by atoms with Crippen LogP contribution in [0.1, 0.15) is 22.3 Å². The van der Waals surface area contributed by atoms with Crippen molar-refractivity contribution in [2.24, 2.45) is 0 Å². The Bertz CT molecular complexity index is 4080. The second-order valence-electron chi connectivity index (χ2n) is 20.4. The minimum absolute atomic E-state index is 0.612. The van der Waals surface area contributed by atoms with Gasteiger partial charge in [0.1, 0.15) is 0 Å². The Kier molecular flexibility index (Phi) is 11.5. The standard InChI is InChI=1S/C77H52/c1-7-21-53(22-8-1)62-45-63(54-23-9-2-10-24-54)48-66(47-62)58-37-35-57(36-38-58)61-43-44-72-74(51-61)77(68-29-15-5-16-30-68,69-31-17-6-18-32-69)75-52-73(70-33-19-20-34-71(70)76(72)75)60-41-39-59(40-42-60)67-49-64(55-25-11-3-12-26-55)46-65(50-67)56-27-13-4-14-28-56/h1-52H. The van der Waals surface area contributed by atoms with E-state index in [9.17, 15) is 0 Å². The van der Waals surface area contributed by atoms with Gasteiger partial charge in [0.2, 0.25) is 0 Å². The van der Waals surface area contributed by atoms with Crippen LogP contribution in [0.25, 0.3) is 111 Å². The molecule has 0 fully saturated rings. The van der Waals surface area contributed by atoms with Crippen molar-refractivity contribution in [1.82, 2.24) is 0 Å². The average Bonchev–Trinajstić information content (AvgIpc) is 4.09. The normalized spacial score (nSPS) is 12.3. The molecule has 0 saturated heterocycles. The fraction of sp³-hybridized carbons (Fsp3) is 0.0130. The summed E-state index contributed by atoms with van der Waals surface area (Å²) in [5.74, 6) is 0. The largest absolute Gasteiger partial charge is 0.0714 e. The Hall–Kier alpha value is -9.88. The van der Waals surface area contributed by atoms with Crippen molar-refractivity contribution in [1.29, 1.82) is 0 Å². The van der Waals surface area contributed by atoms with Crippen LogP contribution in [-0.4, -0.2) is 0 Å². The second kappa shape index (κ2) is 19.4. The van der Waals surface area contributed by atoms with Crippen molar-refractivity contribution < 1.29 is 0 Å². The van der Waals surface area contributed by atoms with Gasteiger partial charge in [-0.05, 0) is 182 Å². The van der Waals surface area contributed by atoms with Crippen molar-refractivity contribution in [3.05, 3.63) is 338 Å². The van der Waals surface area contributed by atoms with Crippen molar-refractivity contribution in [2.45, 2.75) is 5.41 Å². The van der Waals surface area contributed by atoms with Crippen LogP contribution in [0.4, 0.5) is 0 Å². The molecule has 13 aromatic rings. The zero-order valence-electron chi connectivity index (χ0n) is 42.5. The Morgan fingerprint density at radius 1 is 0.169 bits per heavy atom. The SMILES string of the molecule is c1ccc(-c2cc(-c3ccccc3)cc(-c3ccc(-c4ccc5c(c4)C(c4ccccc4)(c4ccccc4)c4cc(-c6ccc(-c7cc(-c8ccccc8)cc(-c8ccccc8)c7)cc6)c6ccccc6c4-5)cc3)c2)cc1. The maximum Gasteiger partial charge on any atom is 0.0714 e. The van der Waals surface area contributed by atoms with Gasteiger partial charge < -0.3 is 0 Å². The molecule has 0 nitrogen and oxygen atoms in total. The lowest BCUT2D eigenvalue weighted by molar-refractivity contribution is 0.769. The summed E-state index contributed by atoms with van der Waals surface area (Å²) in [4.78, 5) is 0. The summed E-state index contributed by atoms with van der Waals surface area (Å²) in [6.07, 6.45) is 0. The lowest BCUT2D eigenvalue weighted by Gasteiger charge is -2.34. The maximum atomic E-state index is 2.53. The highest BCUT2D eigenvalue weighted by Crippen LogP contribution is 2.59. The highest BCUT2D eigenvalue weighted by atomic mass is 14.5. The third-order valence-electron chi connectivity index (χ3n) is 15.9. The topological polar surface area (TPSA) is 0 Å². The van der Waals surface area contributed by atoms with Gasteiger partial charge in [0, 0.05) is 0 Å². The van der Waals surface area contributed by atoms with Crippen LogP contribution in [-0.2, 0) is 5.41 Å². The first kappa shape index (κ1) is 45.7. The highest BCUT2D eigenvalue weighted by molar-refractivity contribution is 6.10. The lowest BCUT2D eigenvalue weighted by atomic mass is 9.67. The molecule has 0 N–H and O–H groups in total. The van der Waals surface area contributed by atoms with Crippen LogP contribution in [0.15, 0.2) is 315 Å². The molecule has 360 valence electrons. The first-order chi connectivity index (χ1) is 38.2. The van der Waals surface area contributed by atoms with Crippen LogP contribution < -0.4 is 0 Å². The minimum Gasteiger partial charge on any atom is -0.0622 e. The molecule has 1 aliphatic carbocycles. The number of fused-ring (bicyclic) bond motifs is 5. The van der Waals surface area contributed by atoms with E-state index in [0.29, 0.717) is 0 Å². The highest BCUT2D eigenvalue weighted by Gasteiger charge is 2.47. The van der Waals surface area contributed by atoms with Gasteiger partial charge in [0.25, 0.3) is 0 Å². The zero-order chi connectivity index (χ0) is 51.1. The van der Waals surface area contributed by atoms with E-state index in [0.717, 1.165) is 0 Å². The molecule has 14 rings (SSSR count). The van der Waals surface area contributed by atoms with Crippen molar-refractivity contribution in [2.75, 3.05) is 0 Å². The third kappa shape index (κ3) is 8.20. The molecule has 0 atom stereocenters. The molecule has 77 heavy (non-hydrogen) atoms. The summed E-state index contributed by atoms with van der Waals surface area (Å²) in [6, 6.07) is 117. The van der Waals surface area contributed by atoms with Gasteiger partial charge in [0.05, 0.1) is 5.41 Å². The molecule has 0 aliphatic heterocycles. The summed E-state index contributed by atoms with van der Waals surface area (Å²) in [5, 5.41) is 2.50. The van der Waals surface area contributed by atoms with Crippen LogP contribution in [0.5, 0.6) is 0 Å². The number of hydrogen-bond acceptors (Lipinski definition) is 0. The van der Waals surface area contributed by atoms with E-state index in [-0.39, 0.29) is 0 Å². The first-order valence-electron chi connectivity index (χ1n) is 26.7. The fourth-order valence-electron chi connectivity index (χ4n) is 12.2. The Morgan fingerprint density at radius 2 is 0.468 bits per heavy atom. The molecule has 0 unspecified atom stereocenters. The van der Waals surface area contributed by atoms with E-state index in [2.05, 4.69) is 315 Å². The van der Waals surface area contributed by atoms with E-state index in [1.54, 1.807) is 0 Å². The summed E-state index contributed by atoms with van der Waals surface area (Å²) >= 11 is 0. The molecule has 0 amide bonds. The van der Waals surface area contributed by atoms with E-state index < -0.39 is 5.41 Å². The first-order valence-corrected chi connectivity index (χ1v) is 26.7. The molecule has 0 radical (unpaired) electrons. The molecule has 0 heteroatoms. The molecular formula is C77H52. The predicted octanol–water partition coefficient (Wildman–Crippen LogP) is 20.5. The van der Waals surface area contributed by atoms with E-state index in [1.165, 1.54) is 133 Å². The monoisotopic (exact) mass is 976 g/mol. The average molecular weight is 977 g/mol. The van der Waals surface area contributed by atoms with Gasteiger partial charge in [0.15, 0.2) is 0 Å². The van der Waals surface area contributed by atoms with Gasteiger partial charge in [-0.2, -0.15) is 0 Å². The number of hydrogen-bond donors (Lipinski definition) is 0. The van der Waals surface area contributed by atoms with E-state index in [4.69, 9.17) is 0 Å². The Labute approximate surface area is 451 Å². The van der Waals surface area contributed by atoms with E-state index >= 15 is 0 Å². The molecule has 0 saturated carbocycles. The molecule has 0 aromatic heterocycles. The lowest BCUT2D eigenvalue weighted by Crippen LogP contribution is -2.28. The Balaban J connectivity index is 0.906. The number of rotatable bonds is 10. The molecule has 13 aromatic carbocycles. The van der Waals surface area contributed by atoms with Gasteiger partial charge in [-0.25, -0.2) is 0 Å². The van der Waals surface area contributed by atoms with Crippen LogP contribution in [0.2, 0.25) is 0 Å². The van der Waals surface area contributed by atoms with Crippen LogP contribution >= 0.6 is 0 Å². The van der Waals surface area contributed by atoms with Gasteiger partial charge in [-0.3, -0.25) is 0 Å². The van der Waals surface area contributed by atoms with Crippen molar-refractivity contribution >= 4 is 10.8 Å². The van der Waals surface area contributed by atoms with E-state index in [1.807, 2.05) is 0 Å². The van der Waals surface area contributed by atoms with Crippen LogP contribution in [0.3, 0.4) is 0 Å². The quantitative estimate of drug-likeness (QED) is 0.128. The van der Waals surface area contributed by atoms with Crippen LogP contribution in [0, 0.1) is 0 Å². The minimum atomic E-state index is -0.612. The van der Waals surface area contributed by atoms with Gasteiger partial charge >= 0.3 is 0 Å². The molecule has 0 bridgehead atoms. The predicted molar refractivity (Wildman–Crippen MR) is 325 cm³/mol. The second-order valence-corrected chi connectivity index (χ2v) is 20.4. The molecule has 0 heterocycles. The summed E-state index contributed by atoms with van der Waals surface area (Å²) in [5.41, 5.74) is 26.2. The smallest absolute Gasteiger partial charge is 0.0622 e. The fourth-order valence-corrected chi connectivity index (χ4v) is 12.2. The maximum absolute atomic E-state index is 2.53. The third-order valence-corrected chi connectivity index (χ3v) is 15.9. The summed E-state index contributed by atoms with van der Waals surface area (Å²) < 4.78 is 0. The van der Waals surface area contributed by atoms with Gasteiger partial charge in [-0.15, -0.1) is 0 Å². The molecular weight excluding hydrogens is 925 g/mol. The number of benzene rings is 13. The van der Waals surface area contributed by atoms with Crippen molar-refractivity contribution in [3.8, 4) is 100 Å². The molecule has 0 spiro atoms. The Morgan fingerprint density at radius 3 is 0.857 bits per heavy atom. The molecule has 1 aliphatic rings. The summed E-state index contributed by atoms with van der Waals surface area (Å²) in [7, 11) is 0. The zero-order valence-corrected chi connectivity index (χ0v) is 42.5. The van der Waals surface area contributed by atoms with Gasteiger partial charge in [-0.1, -0.05) is 267 Å². The van der Waals surface area contributed by atoms with Crippen molar-refractivity contribution in [3.63, 3.8) is 0 Å². The summed E-state index contributed by atoms with van der Waals surface area (Å²) in [6.45, 7) is 0.